The molecule has 0 aliphatic heterocycles. The van der Waals surface area contributed by atoms with Crippen molar-refractivity contribution in [3.63, 3.8) is 0 Å². The molecule has 0 fully saturated rings. The molecule has 1 aromatic heterocycles. The highest BCUT2D eigenvalue weighted by Crippen LogP contribution is 2.19. The predicted molar refractivity (Wildman–Crippen MR) is 83.1 cm³/mol. The lowest BCUT2D eigenvalue weighted by atomic mass is 10.3. The third kappa shape index (κ3) is 4.34. The summed E-state index contributed by atoms with van der Waals surface area (Å²) in [5.41, 5.74) is 6.37. The minimum Gasteiger partial charge on any atom is -0.390 e. The number of aliphatic hydroxyl groups excluding tert-OH is 1. The average molecular weight is 320 g/mol. The number of aromatic nitrogens is 2. The molecule has 0 unspecified atom stereocenters. The van der Waals surface area contributed by atoms with Crippen LogP contribution in [-0.2, 0) is 22.7 Å². The number of thioether (sulfide) groups is 1. The maximum Gasteiger partial charge on any atom is 0.237 e. The molecule has 0 bridgehead atoms. The number of nitrogens with one attached hydrogen (secondary N) is 1. The molecular weight excluding hydrogens is 304 g/mol. The molecule has 1 heterocycles. The normalized spacial score (nSPS) is 10.4. The van der Waals surface area contributed by atoms with Gasteiger partial charge in [-0.25, -0.2) is 4.98 Å². The number of nitrogens with two attached hydrogens (primary N) is 1. The molecule has 116 valence electrons. The fraction of sp³-hybridized carbons (Fsp3) is 0.214. The molecule has 0 aliphatic rings. The van der Waals surface area contributed by atoms with E-state index in [1.807, 2.05) is 18.2 Å². The first kappa shape index (κ1) is 16.1. The number of carbonyl (C=O) groups excluding carboxylic acids is 2. The SMILES string of the molecule is NC(=O)Cn1c(CO)cnc1SCC(=O)Nc1ccccc1. The van der Waals surface area contributed by atoms with E-state index in [-0.39, 0.29) is 24.8 Å². The van der Waals surface area contributed by atoms with Gasteiger partial charge in [0.2, 0.25) is 11.8 Å². The lowest BCUT2D eigenvalue weighted by molar-refractivity contribution is -0.118. The molecule has 0 radical (unpaired) electrons. The van der Waals surface area contributed by atoms with Gasteiger partial charge in [0.25, 0.3) is 0 Å². The summed E-state index contributed by atoms with van der Waals surface area (Å²) in [7, 11) is 0. The van der Waals surface area contributed by atoms with Gasteiger partial charge < -0.3 is 20.7 Å². The fourth-order valence-electron chi connectivity index (χ4n) is 1.81. The molecule has 2 rings (SSSR count). The molecule has 22 heavy (non-hydrogen) atoms. The average Bonchev–Trinajstić information content (AvgIpc) is 2.87. The molecule has 2 aromatic rings. The van der Waals surface area contributed by atoms with Crippen molar-refractivity contribution in [2.24, 2.45) is 5.73 Å². The first-order valence-electron chi connectivity index (χ1n) is 6.51. The van der Waals surface area contributed by atoms with Crippen molar-refractivity contribution in [1.29, 1.82) is 0 Å². The number of imidazole rings is 1. The molecule has 0 saturated heterocycles. The van der Waals surface area contributed by atoms with Crippen LogP contribution in [0.25, 0.3) is 0 Å². The van der Waals surface area contributed by atoms with Crippen molar-refractivity contribution in [3.8, 4) is 0 Å². The fourth-order valence-corrected chi connectivity index (χ4v) is 2.60. The number of hydrogen-bond donors (Lipinski definition) is 3. The molecule has 7 nitrogen and oxygen atoms in total. The first-order chi connectivity index (χ1) is 10.6. The highest BCUT2D eigenvalue weighted by Gasteiger charge is 2.13. The van der Waals surface area contributed by atoms with E-state index in [4.69, 9.17) is 5.73 Å². The molecule has 2 amide bonds. The Balaban J connectivity index is 1.97. The zero-order chi connectivity index (χ0) is 15.9. The Labute approximate surface area is 131 Å². The zero-order valence-electron chi connectivity index (χ0n) is 11.7. The minimum atomic E-state index is -0.539. The standard InChI is InChI=1S/C14H16N4O3S/c15-12(20)7-18-11(8-19)6-16-14(18)22-9-13(21)17-10-4-2-1-3-5-10/h1-6,19H,7-9H2,(H2,15,20)(H,17,21). The summed E-state index contributed by atoms with van der Waals surface area (Å²) in [6, 6.07) is 9.11. The Kier molecular flexibility index (Phi) is 5.56. The van der Waals surface area contributed by atoms with Crippen molar-refractivity contribution in [2.75, 3.05) is 11.1 Å². The number of anilines is 1. The van der Waals surface area contributed by atoms with Crippen LogP contribution in [0.1, 0.15) is 5.69 Å². The summed E-state index contributed by atoms with van der Waals surface area (Å²) < 4.78 is 1.50. The van der Waals surface area contributed by atoms with Gasteiger partial charge in [-0.1, -0.05) is 30.0 Å². The van der Waals surface area contributed by atoms with Crippen LogP contribution >= 0.6 is 11.8 Å². The van der Waals surface area contributed by atoms with Gasteiger partial charge in [0.1, 0.15) is 6.54 Å². The molecule has 4 N–H and O–H groups in total. The van der Waals surface area contributed by atoms with Gasteiger partial charge in [-0.05, 0) is 12.1 Å². The summed E-state index contributed by atoms with van der Waals surface area (Å²) in [4.78, 5) is 27.1. The van der Waals surface area contributed by atoms with Crippen LogP contribution in [0.5, 0.6) is 0 Å². The van der Waals surface area contributed by atoms with E-state index in [2.05, 4.69) is 10.3 Å². The van der Waals surface area contributed by atoms with Crippen LogP contribution in [0, 0.1) is 0 Å². The molecule has 0 spiro atoms. The van der Waals surface area contributed by atoms with Gasteiger partial charge in [-0.3, -0.25) is 9.59 Å². The monoisotopic (exact) mass is 320 g/mol. The molecule has 0 aliphatic carbocycles. The van der Waals surface area contributed by atoms with Crippen LogP contribution in [0.2, 0.25) is 0 Å². The van der Waals surface area contributed by atoms with E-state index in [9.17, 15) is 14.7 Å². The van der Waals surface area contributed by atoms with Gasteiger partial charge in [-0.2, -0.15) is 0 Å². The predicted octanol–water partition coefficient (Wildman–Crippen LogP) is 0.591. The van der Waals surface area contributed by atoms with E-state index < -0.39 is 5.91 Å². The van der Waals surface area contributed by atoms with Crippen molar-refractivity contribution in [2.45, 2.75) is 18.3 Å². The zero-order valence-corrected chi connectivity index (χ0v) is 12.5. The van der Waals surface area contributed by atoms with Gasteiger partial charge in [0.05, 0.1) is 24.3 Å². The molecule has 1 aromatic carbocycles. The van der Waals surface area contributed by atoms with Crippen LogP contribution in [0.15, 0.2) is 41.7 Å². The first-order valence-corrected chi connectivity index (χ1v) is 7.50. The van der Waals surface area contributed by atoms with Gasteiger partial charge in [0.15, 0.2) is 5.16 Å². The third-order valence-electron chi connectivity index (χ3n) is 2.77. The minimum absolute atomic E-state index is 0.0848. The second kappa shape index (κ2) is 7.62. The van der Waals surface area contributed by atoms with Crippen LogP contribution < -0.4 is 11.1 Å². The maximum atomic E-state index is 11.9. The molecular formula is C14H16N4O3S. The van der Waals surface area contributed by atoms with Crippen molar-refractivity contribution < 1.29 is 14.7 Å². The lowest BCUT2D eigenvalue weighted by Crippen LogP contribution is -2.21. The number of benzene rings is 1. The van der Waals surface area contributed by atoms with Crippen LogP contribution in [0.3, 0.4) is 0 Å². The third-order valence-corrected chi connectivity index (χ3v) is 3.76. The summed E-state index contributed by atoms with van der Waals surface area (Å²) in [6.07, 6.45) is 1.46. The van der Waals surface area contributed by atoms with Crippen LogP contribution in [-0.4, -0.2) is 32.2 Å². The summed E-state index contributed by atoms with van der Waals surface area (Å²) >= 11 is 1.17. The number of amides is 2. The summed E-state index contributed by atoms with van der Waals surface area (Å²) in [6.45, 7) is -0.338. The number of hydrogen-bond acceptors (Lipinski definition) is 5. The second-order valence-electron chi connectivity index (χ2n) is 4.45. The Morgan fingerprint density at radius 1 is 1.32 bits per heavy atom. The topological polar surface area (TPSA) is 110 Å². The lowest BCUT2D eigenvalue weighted by Gasteiger charge is -2.08. The number of primary amides is 1. The van der Waals surface area contributed by atoms with Gasteiger partial charge >= 0.3 is 0 Å². The van der Waals surface area contributed by atoms with Gasteiger partial charge in [0, 0.05) is 5.69 Å². The summed E-state index contributed by atoms with van der Waals surface area (Å²) in [5, 5.41) is 12.4. The van der Waals surface area contributed by atoms with Gasteiger partial charge in [-0.15, -0.1) is 0 Å². The van der Waals surface area contributed by atoms with E-state index in [0.717, 1.165) is 0 Å². The highest BCUT2D eigenvalue weighted by atomic mass is 32.2. The van der Waals surface area contributed by atoms with E-state index in [1.54, 1.807) is 12.1 Å². The Bertz CT molecular complexity index is 657. The number of para-hydroxylation sites is 1. The van der Waals surface area contributed by atoms with E-state index >= 15 is 0 Å². The van der Waals surface area contributed by atoms with Crippen molar-refractivity contribution >= 4 is 29.3 Å². The largest absolute Gasteiger partial charge is 0.390 e. The maximum absolute atomic E-state index is 11.9. The molecule has 8 heteroatoms. The number of nitrogens with zero attached hydrogens (tertiary/aromatic N) is 2. The quantitative estimate of drug-likeness (QED) is 0.647. The van der Waals surface area contributed by atoms with Crippen molar-refractivity contribution in [1.82, 2.24) is 9.55 Å². The highest BCUT2D eigenvalue weighted by molar-refractivity contribution is 7.99. The number of carbonyl (C=O) groups is 2. The Hall–Kier alpha value is -2.32. The smallest absolute Gasteiger partial charge is 0.237 e. The Morgan fingerprint density at radius 2 is 2.05 bits per heavy atom. The van der Waals surface area contributed by atoms with Crippen molar-refractivity contribution in [3.05, 3.63) is 42.2 Å². The number of aliphatic hydroxyl groups is 1. The summed E-state index contributed by atoms with van der Waals surface area (Å²) in [5.74, 6) is -0.589. The number of rotatable bonds is 7. The van der Waals surface area contributed by atoms with E-state index in [0.29, 0.717) is 16.5 Å². The Morgan fingerprint density at radius 3 is 2.68 bits per heavy atom. The second-order valence-corrected chi connectivity index (χ2v) is 5.39. The van der Waals surface area contributed by atoms with E-state index in [1.165, 1.54) is 22.5 Å². The van der Waals surface area contributed by atoms with Crippen LogP contribution in [0.4, 0.5) is 5.69 Å². The molecule has 0 atom stereocenters. The molecule has 0 saturated carbocycles.